The van der Waals surface area contributed by atoms with E-state index in [1.165, 1.54) is 0 Å². The summed E-state index contributed by atoms with van der Waals surface area (Å²) >= 11 is 0. The fraction of sp³-hybridized carbons (Fsp3) is 0.467. The van der Waals surface area contributed by atoms with Crippen molar-refractivity contribution < 1.29 is 9.59 Å². The van der Waals surface area contributed by atoms with Crippen LogP contribution in [0.2, 0.25) is 0 Å². The number of amides is 3. The molecule has 0 fully saturated rings. The van der Waals surface area contributed by atoms with Crippen molar-refractivity contribution in [2.75, 3.05) is 20.1 Å². The molecule has 20 heavy (non-hydrogen) atoms. The van der Waals surface area contributed by atoms with E-state index in [1.54, 1.807) is 11.9 Å². The van der Waals surface area contributed by atoms with E-state index in [2.05, 4.69) is 10.6 Å². The summed E-state index contributed by atoms with van der Waals surface area (Å²) in [6.07, 6.45) is 1.23. The van der Waals surface area contributed by atoms with Crippen molar-refractivity contribution in [3.05, 3.63) is 35.9 Å². The monoisotopic (exact) mass is 277 g/mol. The highest BCUT2D eigenvalue weighted by atomic mass is 16.2. The minimum atomic E-state index is -0.169. The number of hydrogen-bond acceptors (Lipinski definition) is 2. The van der Waals surface area contributed by atoms with Gasteiger partial charge in [0, 0.05) is 33.1 Å². The molecule has 5 nitrogen and oxygen atoms in total. The summed E-state index contributed by atoms with van der Waals surface area (Å²) in [4.78, 5) is 24.8. The molecule has 0 spiro atoms. The Morgan fingerprint density at radius 1 is 1.10 bits per heavy atom. The molecular weight excluding hydrogens is 254 g/mol. The van der Waals surface area contributed by atoms with Crippen LogP contribution in [-0.2, 0) is 11.3 Å². The minimum absolute atomic E-state index is 0.0298. The van der Waals surface area contributed by atoms with Gasteiger partial charge in [0.25, 0.3) is 0 Å². The highest BCUT2D eigenvalue weighted by Crippen LogP contribution is 2.02. The third-order valence-corrected chi connectivity index (χ3v) is 2.81. The normalized spacial score (nSPS) is 9.90. The lowest BCUT2D eigenvalue weighted by molar-refractivity contribution is -0.120. The quantitative estimate of drug-likeness (QED) is 0.797. The average Bonchev–Trinajstić information content (AvgIpc) is 2.46. The molecule has 1 aromatic rings. The Balaban J connectivity index is 2.23. The SMILES string of the molecule is CCCNC(=O)CCNC(=O)N(C)Cc1ccccc1. The maximum atomic E-state index is 11.8. The Bertz CT molecular complexity index is 420. The Labute approximate surface area is 120 Å². The number of hydrogen-bond donors (Lipinski definition) is 2. The van der Waals surface area contributed by atoms with Gasteiger partial charge in [-0.05, 0) is 12.0 Å². The number of rotatable bonds is 7. The largest absolute Gasteiger partial charge is 0.356 e. The van der Waals surface area contributed by atoms with Crippen LogP contribution >= 0.6 is 0 Å². The van der Waals surface area contributed by atoms with Crippen molar-refractivity contribution in [3.8, 4) is 0 Å². The van der Waals surface area contributed by atoms with Crippen LogP contribution in [0.4, 0.5) is 4.79 Å². The average molecular weight is 277 g/mol. The van der Waals surface area contributed by atoms with Crippen LogP contribution in [0.1, 0.15) is 25.3 Å². The lowest BCUT2D eigenvalue weighted by atomic mass is 10.2. The highest BCUT2D eigenvalue weighted by Gasteiger charge is 2.09. The summed E-state index contributed by atoms with van der Waals surface area (Å²) in [5, 5.41) is 5.51. The Kier molecular flexibility index (Phi) is 7.17. The molecule has 0 aliphatic carbocycles. The van der Waals surface area contributed by atoms with E-state index in [1.807, 2.05) is 37.3 Å². The van der Waals surface area contributed by atoms with Crippen LogP contribution in [0.25, 0.3) is 0 Å². The molecule has 0 unspecified atom stereocenters. The summed E-state index contributed by atoms with van der Waals surface area (Å²) in [5.74, 6) is -0.0298. The summed E-state index contributed by atoms with van der Waals surface area (Å²) < 4.78 is 0. The Morgan fingerprint density at radius 2 is 1.80 bits per heavy atom. The number of benzene rings is 1. The molecule has 110 valence electrons. The summed E-state index contributed by atoms with van der Waals surface area (Å²) in [7, 11) is 1.74. The second kappa shape index (κ2) is 8.96. The standard InChI is InChI=1S/C15H23N3O2/c1-3-10-16-14(19)9-11-17-15(20)18(2)12-13-7-5-4-6-8-13/h4-8H,3,9-12H2,1-2H3,(H,16,19)(H,17,20). The second-order valence-electron chi connectivity index (χ2n) is 4.67. The molecule has 0 atom stereocenters. The van der Waals surface area contributed by atoms with E-state index in [9.17, 15) is 9.59 Å². The molecule has 1 rings (SSSR count). The van der Waals surface area contributed by atoms with Crippen molar-refractivity contribution in [2.24, 2.45) is 0 Å². The molecule has 2 N–H and O–H groups in total. The molecule has 0 aromatic heterocycles. The summed E-state index contributed by atoms with van der Waals surface area (Å²) in [6.45, 7) is 3.59. The van der Waals surface area contributed by atoms with Crippen molar-refractivity contribution >= 4 is 11.9 Å². The third kappa shape index (κ3) is 6.22. The number of nitrogens with zero attached hydrogens (tertiary/aromatic N) is 1. The van der Waals surface area contributed by atoms with E-state index < -0.39 is 0 Å². The fourth-order valence-corrected chi connectivity index (χ4v) is 1.70. The Hall–Kier alpha value is -2.04. The molecule has 0 bridgehead atoms. The van der Waals surface area contributed by atoms with Gasteiger partial charge in [0.1, 0.15) is 0 Å². The van der Waals surface area contributed by atoms with Crippen LogP contribution in [0, 0.1) is 0 Å². The molecule has 1 aromatic carbocycles. The first-order valence-electron chi connectivity index (χ1n) is 6.93. The molecule has 0 aliphatic rings. The maximum absolute atomic E-state index is 11.8. The molecule has 0 aliphatic heterocycles. The van der Waals surface area contributed by atoms with Gasteiger partial charge in [0.05, 0.1) is 0 Å². The first kappa shape index (κ1) is 16.0. The number of nitrogens with one attached hydrogen (secondary N) is 2. The van der Waals surface area contributed by atoms with Crippen LogP contribution in [0.5, 0.6) is 0 Å². The molecule has 0 radical (unpaired) electrons. The van der Waals surface area contributed by atoms with E-state index in [0.29, 0.717) is 26.1 Å². The zero-order valence-electron chi connectivity index (χ0n) is 12.2. The molecule has 0 heterocycles. The lowest BCUT2D eigenvalue weighted by Gasteiger charge is -2.18. The lowest BCUT2D eigenvalue weighted by Crippen LogP contribution is -2.38. The summed E-state index contributed by atoms with van der Waals surface area (Å²) in [6, 6.07) is 9.61. The maximum Gasteiger partial charge on any atom is 0.317 e. The number of carbonyl (C=O) groups excluding carboxylic acids is 2. The van der Waals surface area contributed by atoms with Crippen molar-refractivity contribution in [3.63, 3.8) is 0 Å². The highest BCUT2D eigenvalue weighted by molar-refractivity contribution is 5.78. The second-order valence-corrected chi connectivity index (χ2v) is 4.67. The van der Waals surface area contributed by atoms with Gasteiger partial charge in [-0.2, -0.15) is 0 Å². The van der Waals surface area contributed by atoms with E-state index in [0.717, 1.165) is 12.0 Å². The van der Waals surface area contributed by atoms with Crippen LogP contribution in [-0.4, -0.2) is 37.0 Å². The van der Waals surface area contributed by atoms with Gasteiger partial charge in [-0.25, -0.2) is 4.79 Å². The van der Waals surface area contributed by atoms with E-state index in [-0.39, 0.29) is 11.9 Å². The van der Waals surface area contributed by atoms with Gasteiger partial charge in [0.2, 0.25) is 5.91 Å². The van der Waals surface area contributed by atoms with Crippen LogP contribution in [0.3, 0.4) is 0 Å². The first-order chi connectivity index (χ1) is 9.63. The smallest absolute Gasteiger partial charge is 0.317 e. The van der Waals surface area contributed by atoms with Crippen molar-refractivity contribution in [2.45, 2.75) is 26.3 Å². The molecule has 0 saturated carbocycles. The van der Waals surface area contributed by atoms with Gasteiger partial charge in [-0.15, -0.1) is 0 Å². The molecule has 5 heteroatoms. The van der Waals surface area contributed by atoms with E-state index >= 15 is 0 Å². The number of carbonyl (C=O) groups is 2. The third-order valence-electron chi connectivity index (χ3n) is 2.81. The topological polar surface area (TPSA) is 61.4 Å². The van der Waals surface area contributed by atoms with Crippen LogP contribution in [0.15, 0.2) is 30.3 Å². The molecule has 0 saturated heterocycles. The predicted octanol–water partition coefficient (Wildman–Crippen LogP) is 1.74. The Morgan fingerprint density at radius 3 is 2.45 bits per heavy atom. The van der Waals surface area contributed by atoms with Gasteiger partial charge >= 0.3 is 6.03 Å². The van der Waals surface area contributed by atoms with Crippen molar-refractivity contribution in [1.82, 2.24) is 15.5 Å². The number of urea groups is 1. The minimum Gasteiger partial charge on any atom is -0.356 e. The first-order valence-corrected chi connectivity index (χ1v) is 6.93. The van der Waals surface area contributed by atoms with Gasteiger partial charge in [-0.1, -0.05) is 37.3 Å². The zero-order chi connectivity index (χ0) is 14.8. The predicted molar refractivity (Wildman–Crippen MR) is 79.2 cm³/mol. The van der Waals surface area contributed by atoms with E-state index in [4.69, 9.17) is 0 Å². The molecule has 3 amide bonds. The zero-order valence-corrected chi connectivity index (χ0v) is 12.2. The molecular formula is C15H23N3O2. The van der Waals surface area contributed by atoms with Crippen LogP contribution < -0.4 is 10.6 Å². The van der Waals surface area contributed by atoms with Gasteiger partial charge in [0.15, 0.2) is 0 Å². The van der Waals surface area contributed by atoms with Gasteiger partial charge < -0.3 is 15.5 Å². The summed E-state index contributed by atoms with van der Waals surface area (Å²) in [5.41, 5.74) is 1.07. The van der Waals surface area contributed by atoms with Crippen molar-refractivity contribution in [1.29, 1.82) is 0 Å². The van der Waals surface area contributed by atoms with Gasteiger partial charge in [-0.3, -0.25) is 4.79 Å². The fourth-order valence-electron chi connectivity index (χ4n) is 1.70.